The zero-order chi connectivity index (χ0) is 32.5. The molecule has 0 spiro atoms. The number of aromatic nitrogens is 3. The summed E-state index contributed by atoms with van der Waals surface area (Å²) < 4.78 is 0. The monoisotopic (exact) mass is 651 g/mol. The highest BCUT2D eigenvalue weighted by molar-refractivity contribution is 6.34. The van der Waals surface area contributed by atoms with E-state index in [1.807, 2.05) is 0 Å². The topological polar surface area (TPSA) is 213 Å². The summed E-state index contributed by atoms with van der Waals surface area (Å²) in [7, 11) is 0. The summed E-state index contributed by atoms with van der Waals surface area (Å²) in [6, 6.07) is 11.5. The van der Waals surface area contributed by atoms with Crippen molar-refractivity contribution in [1.29, 1.82) is 0 Å². The van der Waals surface area contributed by atoms with Crippen molar-refractivity contribution in [2.24, 2.45) is 0 Å². The van der Waals surface area contributed by atoms with Gasteiger partial charge >= 0.3 is 5.97 Å². The predicted octanol–water partition coefficient (Wildman–Crippen LogP) is 2.68. The van der Waals surface area contributed by atoms with Crippen LogP contribution in [-0.4, -0.2) is 67.3 Å². The van der Waals surface area contributed by atoms with Crippen LogP contribution in [0.1, 0.15) is 47.3 Å². The predicted molar refractivity (Wildman–Crippen MR) is 161 cm³/mol. The summed E-state index contributed by atoms with van der Waals surface area (Å²) in [5.74, 6) is -4.42. The van der Waals surface area contributed by atoms with Crippen LogP contribution < -0.4 is 21.3 Å². The molecule has 0 aliphatic rings. The Morgan fingerprint density at radius 2 is 1.53 bits per heavy atom. The molecule has 0 aliphatic heterocycles. The van der Waals surface area contributed by atoms with Gasteiger partial charge in [0.1, 0.15) is 17.6 Å². The molecular weight excluding hydrogens is 629 g/mol. The molecule has 1 atom stereocenters. The van der Waals surface area contributed by atoms with Crippen LogP contribution >= 0.6 is 23.2 Å². The molecule has 14 nitrogen and oxygen atoms in total. The van der Waals surface area contributed by atoms with Crippen molar-refractivity contribution in [2.45, 2.75) is 12.6 Å². The van der Waals surface area contributed by atoms with Crippen LogP contribution in [0.5, 0.6) is 5.75 Å². The highest BCUT2D eigenvalue weighted by atomic mass is 35.5. The van der Waals surface area contributed by atoms with Gasteiger partial charge in [0.15, 0.2) is 11.4 Å². The molecular formula is C29H23Cl2N7O7. The molecule has 16 heteroatoms. The molecule has 0 radical (unpaired) electrons. The lowest BCUT2D eigenvalue weighted by molar-refractivity contribution is -0.139. The molecule has 4 amide bonds. The van der Waals surface area contributed by atoms with Crippen LogP contribution in [0.2, 0.25) is 10.0 Å². The first kappa shape index (κ1) is 32.3. The molecule has 230 valence electrons. The van der Waals surface area contributed by atoms with Crippen LogP contribution in [0.25, 0.3) is 0 Å². The van der Waals surface area contributed by atoms with E-state index in [4.69, 9.17) is 23.2 Å². The molecule has 45 heavy (non-hydrogen) atoms. The smallest absolute Gasteiger partial charge is 0.328 e. The number of halogens is 2. The average Bonchev–Trinajstić information content (AvgIpc) is 3.02. The number of pyridine rings is 1. The van der Waals surface area contributed by atoms with E-state index in [2.05, 4.69) is 36.2 Å². The number of benzene rings is 2. The lowest BCUT2D eigenvalue weighted by Crippen LogP contribution is -2.48. The second-order valence-corrected chi connectivity index (χ2v) is 10.0. The van der Waals surface area contributed by atoms with Crippen LogP contribution in [0.4, 0.5) is 5.82 Å². The minimum Gasteiger partial charge on any atom is -0.508 e. The van der Waals surface area contributed by atoms with Crippen LogP contribution in [0.3, 0.4) is 0 Å². The van der Waals surface area contributed by atoms with Crippen LogP contribution in [0.15, 0.2) is 73.2 Å². The van der Waals surface area contributed by atoms with Gasteiger partial charge in [-0.1, -0.05) is 35.3 Å². The number of aliphatic carboxylic acids is 1. The lowest BCUT2D eigenvalue weighted by atomic mass is 10.1. The van der Waals surface area contributed by atoms with Crippen molar-refractivity contribution in [3.8, 4) is 5.75 Å². The number of phenolic OH excluding ortho intramolecular Hbond substituents is 1. The molecule has 0 saturated carbocycles. The summed E-state index contributed by atoms with van der Waals surface area (Å²) in [6.07, 6.45) is 3.66. The van der Waals surface area contributed by atoms with Crippen molar-refractivity contribution >= 4 is 58.6 Å². The quantitative estimate of drug-likeness (QED) is 0.139. The Hall–Kier alpha value is -5.60. The van der Waals surface area contributed by atoms with Gasteiger partial charge in [0, 0.05) is 37.2 Å². The first-order chi connectivity index (χ1) is 21.5. The fraction of sp³-hybridized carbons (Fsp3) is 0.103. The second kappa shape index (κ2) is 14.7. The molecule has 6 N–H and O–H groups in total. The van der Waals surface area contributed by atoms with E-state index in [-0.39, 0.29) is 40.0 Å². The number of carboxylic acids is 1. The summed E-state index contributed by atoms with van der Waals surface area (Å²) in [5, 5.41) is 29.1. The molecule has 4 rings (SSSR count). The third kappa shape index (κ3) is 8.72. The first-order valence-corrected chi connectivity index (χ1v) is 13.7. The molecule has 4 aromatic rings. The van der Waals surface area contributed by atoms with E-state index >= 15 is 0 Å². The van der Waals surface area contributed by atoms with Gasteiger partial charge in [-0.15, -0.1) is 0 Å². The molecule has 0 fully saturated rings. The number of carboxylic acid groups (broad SMARTS) is 1. The van der Waals surface area contributed by atoms with Crippen molar-refractivity contribution < 1.29 is 34.2 Å². The maximum atomic E-state index is 12.9. The summed E-state index contributed by atoms with van der Waals surface area (Å²) >= 11 is 12.0. The van der Waals surface area contributed by atoms with Gasteiger partial charge in [-0.3, -0.25) is 19.2 Å². The fourth-order valence-electron chi connectivity index (χ4n) is 3.80. The molecule has 2 aromatic carbocycles. The largest absolute Gasteiger partial charge is 0.508 e. The van der Waals surface area contributed by atoms with Crippen LogP contribution in [0, 0.1) is 0 Å². The maximum Gasteiger partial charge on any atom is 0.328 e. The number of hydrogen-bond donors (Lipinski definition) is 6. The number of rotatable bonds is 11. The van der Waals surface area contributed by atoms with E-state index < -0.39 is 47.9 Å². The summed E-state index contributed by atoms with van der Waals surface area (Å²) in [5.41, 5.74) is -0.0935. The highest BCUT2D eigenvalue weighted by Crippen LogP contribution is 2.19. The van der Waals surface area contributed by atoms with Gasteiger partial charge in [-0.2, -0.15) is 0 Å². The van der Waals surface area contributed by atoms with Gasteiger partial charge < -0.3 is 31.5 Å². The zero-order valence-corrected chi connectivity index (χ0v) is 24.5. The number of amides is 4. The summed E-state index contributed by atoms with van der Waals surface area (Å²) in [4.78, 5) is 74.6. The van der Waals surface area contributed by atoms with E-state index in [0.717, 1.165) is 0 Å². The SMILES string of the molecule is O=C(NCc1cccc(O)c1)c1ccc(C(=O)N[C@@H](CNC(=O)c2nccnc2C(=O)Nc2ccc(Cl)cn2)C(=O)O)c(Cl)c1. The van der Waals surface area contributed by atoms with E-state index in [9.17, 15) is 34.2 Å². The van der Waals surface area contributed by atoms with Gasteiger partial charge in [0.25, 0.3) is 23.6 Å². The number of aromatic hydroxyl groups is 1. The Labute approximate surface area is 264 Å². The molecule has 0 unspecified atom stereocenters. The number of nitrogens with one attached hydrogen (secondary N) is 4. The minimum atomic E-state index is -1.62. The third-order valence-corrected chi connectivity index (χ3v) is 6.54. The minimum absolute atomic E-state index is 0.0493. The molecule has 0 aliphatic carbocycles. The van der Waals surface area contributed by atoms with Crippen LogP contribution in [-0.2, 0) is 11.3 Å². The van der Waals surface area contributed by atoms with Gasteiger partial charge in [-0.05, 0) is 48.0 Å². The number of hydrogen-bond acceptors (Lipinski definition) is 9. The number of phenols is 1. The number of nitrogens with zero attached hydrogens (tertiary/aromatic N) is 3. The standard InChI is InChI=1S/C29H23Cl2N7O7/c30-17-5-7-22(34-13-17)38-28(43)24-23(32-8-9-33-24)27(42)36-14-21(29(44)45)37-26(41)19-6-4-16(11-20(19)31)25(40)35-12-15-2-1-3-18(39)10-15/h1-11,13,21,39H,12,14H2,(H,35,40)(H,36,42)(H,37,41)(H,44,45)(H,34,38,43)/t21-/m0/s1. The van der Waals surface area contributed by atoms with Crippen molar-refractivity contribution in [2.75, 3.05) is 11.9 Å². The van der Waals surface area contributed by atoms with E-state index in [0.29, 0.717) is 10.6 Å². The Kier molecular flexibility index (Phi) is 10.6. The normalized spacial score (nSPS) is 11.2. The Balaban J connectivity index is 1.37. The number of carbonyl (C=O) groups excluding carboxylic acids is 4. The highest BCUT2D eigenvalue weighted by Gasteiger charge is 2.26. The van der Waals surface area contributed by atoms with Crippen molar-refractivity contribution in [3.63, 3.8) is 0 Å². The Morgan fingerprint density at radius 1 is 0.800 bits per heavy atom. The second-order valence-electron chi connectivity index (χ2n) is 9.19. The maximum absolute atomic E-state index is 12.9. The molecule has 0 saturated heterocycles. The number of carbonyl (C=O) groups is 5. The lowest BCUT2D eigenvalue weighted by Gasteiger charge is -2.16. The first-order valence-electron chi connectivity index (χ1n) is 12.9. The molecule has 2 aromatic heterocycles. The van der Waals surface area contributed by atoms with Gasteiger partial charge in [0.2, 0.25) is 0 Å². The average molecular weight is 652 g/mol. The Bertz CT molecular complexity index is 1770. The molecule has 0 bridgehead atoms. The van der Waals surface area contributed by atoms with Gasteiger partial charge in [-0.25, -0.2) is 19.7 Å². The summed E-state index contributed by atoms with van der Waals surface area (Å²) in [6.45, 7) is -0.469. The van der Waals surface area contributed by atoms with E-state index in [1.54, 1.807) is 12.1 Å². The molecule has 2 heterocycles. The third-order valence-electron chi connectivity index (χ3n) is 6.01. The zero-order valence-electron chi connectivity index (χ0n) is 23.0. The van der Waals surface area contributed by atoms with Crippen molar-refractivity contribution in [1.82, 2.24) is 30.9 Å². The Morgan fingerprint density at radius 3 is 2.18 bits per heavy atom. The van der Waals surface area contributed by atoms with Gasteiger partial charge in [0.05, 0.1) is 15.6 Å². The fourth-order valence-corrected chi connectivity index (χ4v) is 4.18. The number of anilines is 1. The van der Waals surface area contributed by atoms with E-state index in [1.165, 1.54) is 61.1 Å². The van der Waals surface area contributed by atoms with Crippen molar-refractivity contribution in [3.05, 3.63) is 111 Å².